The molecular weight excluding hydrogens is 306 g/mol. The van der Waals surface area contributed by atoms with Gasteiger partial charge in [0.2, 0.25) is 0 Å². The molecule has 0 atom stereocenters. The standard InChI is InChI=1S/C12H19.2ClH.Zr/c1-4-12(5-2,6-3)11-9-7-8-10-11;;;/h7,9H,4-6,8H2,1-3H3;2*1H;/q-1;;;+3/p-2. The fraction of sp³-hybridized carbons (Fsp3) is 0.667. The van der Waals surface area contributed by atoms with E-state index < -0.39 is 0 Å². The van der Waals surface area contributed by atoms with E-state index in [1.165, 1.54) is 24.8 Å². The first-order valence-corrected chi connectivity index (χ1v) is 5.07. The Kier molecular flexibility index (Phi) is 14.3. The maximum atomic E-state index is 3.46. The molecule has 1 aliphatic rings. The predicted molar refractivity (Wildman–Crippen MR) is 53.8 cm³/mol. The zero-order chi connectivity index (χ0) is 9.03. The SMILES string of the molecule is CCC(CC)(CC)C1=[C-]CC=C1.[Cl-].[Cl-].[Zr+3]. The van der Waals surface area contributed by atoms with Gasteiger partial charge in [-0.2, -0.15) is 6.08 Å². The van der Waals surface area contributed by atoms with Crippen LogP contribution in [0.2, 0.25) is 0 Å². The monoisotopic (exact) mass is 323 g/mol. The Labute approximate surface area is 126 Å². The zero-order valence-electron chi connectivity index (χ0n) is 9.74. The number of hydrogen-bond acceptors (Lipinski definition) is 0. The molecule has 1 radical (unpaired) electrons. The average Bonchev–Trinajstić information content (AvgIpc) is 2.62. The van der Waals surface area contributed by atoms with Gasteiger partial charge in [0.1, 0.15) is 0 Å². The van der Waals surface area contributed by atoms with Gasteiger partial charge >= 0.3 is 26.2 Å². The minimum Gasteiger partial charge on any atom is -1.00 e. The molecule has 0 fully saturated rings. The quantitative estimate of drug-likeness (QED) is 0.520. The van der Waals surface area contributed by atoms with Crippen LogP contribution in [0.15, 0.2) is 17.7 Å². The summed E-state index contributed by atoms with van der Waals surface area (Å²) >= 11 is 0. The van der Waals surface area contributed by atoms with Crippen molar-refractivity contribution in [1.82, 2.24) is 0 Å². The van der Waals surface area contributed by atoms with E-state index in [-0.39, 0.29) is 51.0 Å². The van der Waals surface area contributed by atoms with E-state index in [9.17, 15) is 0 Å². The van der Waals surface area contributed by atoms with Crippen molar-refractivity contribution in [2.75, 3.05) is 0 Å². The van der Waals surface area contributed by atoms with Crippen molar-refractivity contribution in [3.8, 4) is 0 Å². The maximum absolute atomic E-state index is 3.46. The third-order valence-electron chi connectivity index (χ3n) is 3.30. The van der Waals surface area contributed by atoms with Crippen LogP contribution in [-0.4, -0.2) is 0 Å². The Hall–Kier alpha value is 0.943. The molecule has 0 heterocycles. The van der Waals surface area contributed by atoms with Crippen molar-refractivity contribution in [1.29, 1.82) is 0 Å². The molecule has 85 valence electrons. The third-order valence-corrected chi connectivity index (χ3v) is 3.30. The maximum Gasteiger partial charge on any atom is 3.00 e. The van der Waals surface area contributed by atoms with Gasteiger partial charge in [0.25, 0.3) is 0 Å². The Balaban J connectivity index is -0.000000480. The second-order valence-electron chi connectivity index (χ2n) is 3.54. The molecule has 1 aliphatic carbocycles. The van der Waals surface area contributed by atoms with Crippen molar-refractivity contribution < 1.29 is 51.0 Å². The van der Waals surface area contributed by atoms with Crippen molar-refractivity contribution in [2.45, 2.75) is 46.5 Å². The van der Waals surface area contributed by atoms with Crippen LogP contribution in [0.3, 0.4) is 0 Å². The minimum atomic E-state index is 0. The molecule has 0 saturated carbocycles. The Bertz CT molecular complexity index is 197. The van der Waals surface area contributed by atoms with E-state index in [4.69, 9.17) is 0 Å². The van der Waals surface area contributed by atoms with Crippen LogP contribution in [0.5, 0.6) is 0 Å². The van der Waals surface area contributed by atoms with Crippen molar-refractivity contribution in [3.05, 3.63) is 23.8 Å². The average molecular weight is 325 g/mol. The van der Waals surface area contributed by atoms with Crippen molar-refractivity contribution >= 4 is 0 Å². The van der Waals surface area contributed by atoms with Gasteiger partial charge in [-0.05, 0) is 24.7 Å². The molecule has 0 aromatic heterocycles. The topological polar surface area (TPSA) is 0 Å². The van der Waals surface area contributed by atoms with Gasteiger partial charge in [0, 0.05) is 0 Å². The van der Waals surface area contributed by atoms with Gasteiger partial charge in [-0.15, -0.1) is 6.42 Å². The van der Waals surface area contributed by atoms with Gasteiger partial charge in [-0.1, -0.05) is 20.8 Å². The first-order valence-electron chi connectivity index (χ1n) is 5.07. The minimum absolute atomic E-state index is 0. The molecule has 0 unspecified atom stereocenters. The number of halogens is 2. The van der Waals surface area contributed by atoms with E-state index in [0.29, 0.717) is 5.41 Å². The van der Waals surface area contributed by atoms with E-state index in [1.807, 2.05) is 0 Å². The summed E-state index contributed by atoms with van der Waals surface area (Å²) in [6, 6.07) is 0. The Morgan fingerprint density at radius 3 is 1.87 bits per heavy atom. The van der Waals surface area contributed by atoms with Crippen LogP contribution in [-0.2, 0) is 26.2 Å². The van der Waals surface area contributed by atoms with Crippen LogP contribution in [0.1, 0.15) is 46.5 Å². The molecule has 15 heavy (non-hydrogen) atoms. The molecule has 0 N–H and O–H groups in total. The van der Waals surface area contributed by atoms with Crippen LogP contribution < -0.4 is 24.8 Å². The molecule has 1 rings (SSSR count). The number of rotatable bonds is 4. The van der Waals surface area contributed by atoms with Gasteiger partial charge in [-0.3, -0.25) is 6.08 Å². The number of allylic oxidation sites excluding steroid dienone is 4. The second kappa shape index (κ2) is 10.1. The van der Waals surface area contributed by atoms with Gasteiger partial charge < -0.3 is 24.8 Å². The summed E-state index contributed by atoms with van der Waals surface area (Å²) in [5, 5.41) is 0. The molecular formula is C12H19Cl2Zr. The smallest absolute Gasteiger partial charge is 1.00 e. The molecule has 0 aromatic carbocycles. The molecule has 0 aliphatic heterocycles. The second-order valence-corrected chi connectivity index (χ2v) is 3.54. The van der Waals surface area contributed by atoms with E-state index in [2.05, 4.69) is 39.0 Å². The van der Waals surface area contributed by atoms with E-state index >= 15 is 0 Å². The molecule has 0 spiro atoms. The first kappa shape index (κ1) is 21.3. The molecule has 0 aromatic rings. The molecule has 0 saturated heterocycles. The summed E-state index contributed by atoms with van der Waals surface area (Å²) in [6.45, 7) is 6.86. The largest absolute Gasteiger partial charge is 3.00 e. The van der Waals surface area contributed by atoms with Crippen molar-refractivity contribution in [2.24, 2.45) is 5.41 Å². The summed E-state index contributed by atoms with van der Waals surface area (Å²) in [5.74, 6) is 0. The summed E-state index contributed by atoms with van der Waals surface area (Å²) in [4.78, 5) is 0. The van der Waals surface area contributed by atoms with Crippen LogP contribution in [0.4, 0.5) is 0 Å². The summed E-state index contributed by atoms with van der Waals surface area (Å²) in [6.07, 6.45) is 12.7. The predicted octanol–water partition coefficient (Wildman–Crippen LogP) is -2.10. The van der Waals surface area contributed by atoms with Crippen LogP contribution in [0.25, 0.3) is 0 Å². The van der Waals surface area contributed by atoms with Gasteiger partial charge in [0.05, 0.1) is 0 Å². The fourth-order valence-electron chi connectivity index (χ4n) is 2.09. The van der Waals surface area contributed by atoms with E-state index in [1.54, 1.807) is 0 Å². The molecule has 3 heteroatoms. The van der Waals surface area contributed by atoms with Gasteiger partial charge in [0.15, 0.2) is 0 Å². The molecule has 0 amide bonds. The summed E-state index contributed by atoms with van der Waals surface area (Å²) in [5.41, 5.74) is 1.88. The number of hydrogen-bond donors (Lipinski definition) is 0. The summed E-state index contributed by atoms with van der Waals surface area (Å²) in [7, 11) is 0. The fourth-order valence-corrected chi connectivity index (χ4v) is 2.09. The van der Waals surface area contributed by atoms with Crippen molar-refractivity contribution in [3.63, 3.8) is 0 Å². The van der Waals surface area contributed by atoms with Gasteiger partial charge in [-0.25, -0.2) is 11.6 Å². The van der Waals surface area contributed by atoms with Crippen LogP contribution >= 0.6 is 0 Å². The summed E-state index contributed by atoms with van der Waals surface area (Å²) < 4.78 is 0. The third kappa shape index (κ3) is 4.76. The Morgan fingerprint density at radius 2 is 1.60 bits per heavy atom. The first-order chi connectivity index (χ1) is 5.79. The normalized spacial score (nSPS) is 13.4. The molecule has 0 bridgehead atoms. The van der Waals surface area contributed by atoms with E-state index in [0.717, 1.165) is 6.42 Å². The zero-order valence-corrected chi connectivity index (χ0v) is 13.7. The molecule has 0 nitrogen and oxygen atoms in total. The Morgan fingerprint density at radius 1 is 1.13 bits per heavy atom. The van der Waals surface area contributed by atoms with Crippen LogP contribution in [0, 0.1) is 11.5 Å².